The zero-order chi connectivity index (χ0) is 23.1. The zero-order valence-electron chi connectivity index (χ0n) is 17.9. The summed E-state index contributed by atoms with van der Waals surface area (Å²) in [5.74, 6) is -2.64. The van der Waals surface area contributed by atoms with Gasteiger partial charge in [-0.05, 0) is 37.9 Å². The van der Waals surface area contributed by atoms with Crippen LogP contribution in [-0.2, 0) is 14.4 Å². The number of unbranched alkanes of at least 4 members (excludes halogenated alkanes) is 4. The maximum atomic E-state index is 13.0. The first-order valence-electron chi connectivity index (χ1n) is 10.9. The standard InChI is InChI=1S/C22H28N4O6/c23-11-4-2-1-3-5-12-24-18(28)13-32-16-8-6-7-14-19(16)22(31)26(21(14)30)15-9-10-17(27)25-20(15)29/h6-8,15H,1-5,9-13,23H2,(H,24,28)(H,25,27,29). The number of ether oxygens (including phenoxy) is 1. The van der Waals surface area contributed by atoms with Crippen LogP contribution in [0, 0.1) is 0 Å². The van der Waals surface area contributed by atoms with Crippen LogP contribution in [0.4, 0.5) is 0 Å². The van der Waals surface area contributed by atoms with Crippen LogP contribution in [0.25, 0.3) is 0 Å². The minimum absolute atomic E-state index is 0.0231. The number of carbonyl (C=O) groups excluding carboxylic acids is 5. The number of carbonyl (C=O) groups is 5. The number of piperidine rings is 1. The molecule has 1 aromatic carbocycles. The molecule has 1 atom stereocenters. The minimum Gasteiger partial charge on any atom is -0.483 e. The monoisotopic (exact) mass is 444 g/mol. The molecule has 1 fully saturated rings. The highest BCUT2D eigenvalue weighted by Gasteiger charge is 2.46. The second-order valence-corrected chi connectivity index (χ2v) is 7.82. The molecule has 32 heavy (non-hydrogen) atoms. The van der Waals surface area contributed by atoms with Crippen molar-refractivity contribution in [3.05, 3.63) is 29.3 Å². The lowest BCUT2D eigenvalue weighted by atomic mass is 10.0. The van der Waals surface area contributed by atoms with E-state index in [4.69, 9.17) is 10.5 Å². The largest absolute Gasteiger partial charge is 0.483 e. The van der Waals surface area contributed by atoms with Crippen LogP contribution >= 0.6 is 0 Å². The van der Waals surface area contributed by atoms with E-state index in [0.717, 1.165) is 37.0 Å². The molecule has 10 nitrogen and oxygen atoms in total. The predicted molar refractivity (Wildman–Crippen MR) is 114 cm³/mol. The highest BCUT2D eigenvalue weighted by Crippen LogP contribution is 2.33. The van der Waals surface area contributed by atoms with Crippen LogP contribution in [0.3, 0.4) is 0 Å². The van der Waals surface area contributed by atoms with Crippen molar-refractivity contribution in [1.82, 2.24) is 15.5 Å². The van der Waals surface area contributed by atoms with Crippen molar-refractivity contribution in [2.45, 2.75) is 51.0 Å². The molecule has 10 heteroatoms. The van der Waals surface area contributed by atoms with Gasteiger partial charge in [0.25, 0.3) is 17.7 Å². The van der Waals surface area contributed by atoms with Crippen LogP contribution in [0.15, 0.2) is 18.2 Å². The molecule has 0 bridgehead atoms. The molecule has 0 spiro atoms. The molecule has 2 aliphatic heterocycles. The second kappa shape index (κ2) is 10.9. The summed E-state index contributed by atoms with van der Waals surface area (Å²) in [5.41, 5.74) is 5.58. The third kappa shape index (κ3) is 5.31. The zero-order valence-corrected chi connectivity index (χ0v) is 17.9. The molecule has 4 N–H and O–H groups in total. The second-order valence-electron chi connectivity index (χ2n) is 7.82. The van der Waals surface area contributed by atoms with E-state index in [1.54, 1.807) is 6.07 Å². The highest BCUT2D eigenvalue weighted by molar-refractivity contribution is 6.24. The van der Waals surface area contributed by atoms with E-state index >= 15 is 0 Å². The van der Waals surface area contributed by atoms with Crippen LogP contribution < -0.4 is 21.1 Å². The molecular weight excluding hydrogens is 416 g/mol. The summed E-state index contributed by atoms with van der Waals surface area (Å²) < 4.78 is 5.54. The van der Waals surface area contributed by atoms with Crippen LogP contribution in [0.1, 0.15) is 65.7 Å². The van der Waals surface area contributed by atoms with Crippen molar-refractivity contribution in [2.75, 3.05) is 19.7 Å². The molecule has 0 saturated carbocycles. The Labute approximate surface area is 185 Å². The number of benzene rings is 1. The Morgan fingerprint density at radius 3 is 2.59 bits per heavy atom. The van der Waals surface area contributed by atoms with E-state index in [0.29, 0.717) is 13.1 Å². The molecule has 5 amide bonds. The smallest absolute Gasteiger partial charge is 0.266 e. The van der Waals surface area contributed by atoms with Crippen LogP contribution in [-0.4, -0.2) is 60.2 Å². The summed E-state index contributed by atoms with van der Waals surface area (Å²) in [4.78, 5) is 62.3. The van der Waals surface area contributed by atoms with Gasteiger partial charge in [-0.3, -0.25) is 34.2 Å². The Morgan fingerprint density at radius 2 is 1.84 bits per heavy atom. The van der Waals surface area contributed by atoms with Crippen molar-refractivity contribution >= 4 is 29.5 Å². The lowest BCUT2D eigenvalue weighted by Gasteiger charge is -2.27. The maximum Gasteiger partial charge on any atom is 0.266 e. The number of rotatable bonds is 11. The van der Waals surface area contributed by atoms with Crippen LogP contribution in [0.2, 0.25) is 0 Å². The summed E-state index contributed by atoms with van der Waals surface area (Å²) in [6, 6.07) is 3.47. The van der Waals surface area contributed by atoms with E-state index in [1.807, 2.05) is 0 Å². The van der Waals surface area contributed by atoms with Crippen molar-refractivity contribution in [3.63, 3.8) is 0 Å². The van der Waals surface area contributed by atoms with Gasteiger partial charge in [0.1, 0.15) is 11.8 Å². The van der Waals surface area contributed by atoms with E-state index < -0.39 is 29.7 Å². The van der Waals surface area contributed by atoms with Gasteiger partial charge in [0, 0.05) is 13.0 Å². The van der Waals surface area contributed by atoms with Crippen molar-refractivity contribution in [3.8, 4) is 5.75 Å². The summed E-state index contributed by atoms with van der Waals surface area (Å²) in [6.07, 6.45) is 5.12. The number of nitrogens with one attached hydrogen (secondary N) is 2. The van der Waals surface area contributed by atoms with Crippen LogP contribution in [0.5, 0.6) is 5.75 Å². The Morgan fingerprint density at radius 1 is 1.09 bits per heavy atom. The van der Waals surface area contributed by atoms with Crippen molar-refractivity contribution in [1.29, 1.82) is 0 Å². The molecule has 2 aliphatic rings. The highest BCUT2D eigenvalue weighted by atomic mass is 16.5. The van der Waals surface area contributed by atoms with E-state index in [9.17, 15) is 24.0 Å². The fourth-order valence-corrected chi connectivity index (χ4v) is 3.83. The first-order valence-corrected chi connectivity index (χ1v) is 10.9. The third-order valence-electron chi connectivity index (χ3n) is 5.49. The number of amides is 5. The molecule has 1 unspecified atom stereocenters. The van der Waals surface area contributed by atoms with Gasteiger partial charge in [-0.25, -0.2) is 0 Å². The van der Waals surface area contributed by atoms with Gasteiger partial charge in [0.15, 0.2) is 6.61 Å². The summed E-state index contributed by atoms with van der Waals surface area (Å²) in [6.45, 7) is 0.915. The molecule has 0 aliphatic carbocycles. The van der Waals surface area contributed by atoms with E-state index in [1.165, 1.54) is 12.1 Å². The molecule has 1 saturated heterocycles. The van der Waals surface area contributed by atoms with Gasteiger partial charge < -0.3 is 15.8 Å². The molecular formula is C22H28N4O6. The summed E-state index contributed by atoms with van der Waals surface area (Å²) in [5, 5.41) is 4.92. The lowest BCUT2D eigenvalue weighted by Crippen LogP contribution is -2.54. The normalized spacial score (nSPS) is 17.9. The Balaban J connectivity index is 1.56. The average molecular weight is 444 g/mol. The number of imide groups is 2. The van der Waals surface area contributed by atoms with Gasteiger partial charge in [0.05, 0.1) is 11.1 Å². The molecule has 3 rings (SSSR count). The molecule has 2 heterocycles. The molecule has 0 radical (unpaired) electrons. The lowest BCUT2D eigenvalue weighted by molar-refractivity contribution is -0.136. The molecule has 0 aromatic heterocycles. The third-order valence-corrected chi connectivity index (χ3v) is 5.49. The fraction of sp³-hybridized carbons (Fsp3) is 0.500. The van der Waals surface area contributed by atoms with Gasteiger partial charge >= 0.3 is 0 Å². The maximum absolute atomic E-state index is 13.0. The summed E-state index contributed by atoms with van der Waals surface area (Å²) in [7, 11) is 0. The Bertz CT molecular complexity index is 916. The predicted octanol–water partition coefficient (Wildman–Crippen LogP) is 0.492. The molecule has 1 aromatic rings. The van der Waals surface area contributed by atoms with Crippen molar-refractivity contribution < 1.29 is 28.7 Å². The number of hydrogen-bond donors (Lipinski definition) is 3. The SMILES string of the molecule is NCCCCCCCNC(=O)COc1cccc2c1C(=O)N(C1CCC(=O)NC1=O)C2=O. The first kappa shape index (κ1) is 23.4. The number of fused-ring (bicyclic) bond motifs is 1. The first-order chi connectivity index (χ1) is 15.4. The van der Waals surface area contributed by atoms with Gasteiger partial charge in [-0.1, -0.05) is 25.3 Å². The average Bonchev–Trinajstić information content (AvgIpc) is 3.02. The molecule has 172 valence electrons. The number of nitrogens with two attached hydrogens (primary N) is 1. The quantitative estimate of drug-likeness (QED) is 0.332. The van der Waals surface area contributed by atoms with E-state index in [-0.39, 0.29) is 42.2 Å². The summed E-state index contributed by atoms with van der Waals surface area (Å²) >= 11 is 0. The van der Waals surface area contributed by atoms with Crippen molar-refractivity contribution in [2.24, 2.45) is 5.73 Å². The van der Waals surface area contributed by atoms with Gasteiger partial charge in [-0.2, -0.15) is 0 Å². The Hall–Kier alpha value is -3.27. The van der Waals surface area contributed by atoms with E-state index in [2.05, 4.69) is 10.6 Å². The fourth-order valence-electron chi connectivity index (χ4n) is 3.83. The number of hydrogen-bond acceptors (Lipinski definition) is 7. The van der Waals surface area contributed by atoms with Gasteiger partial charge in [0.2, 0.25) is 11.8 Å². The number of nitrogens with zero attached hydrogens (tertiary/aromatic N) is 1. The van der Waals surface area contributed by atoms with Gasteiger partial charge in [-0.15, -0.1) is 0 Å². The minimum atomic E-state index is -1.05. The topological polar surface area (TPSA) is 148 Å². The Kier molecular flexibility index (Phi) is 7.93.